The van der Waals surface area contributed by atoms with E-state index < -0.39 is 34.3 Å². The number of nitrogens with zero attached hydrogens (tertiary/aromatic N) is 1. The first-order valence-corrected chi connectivity index (χ1v) is 7.11. The number of halogens is 3. The lowest BCUT2D eigenvalue weighted by Gasteiger charge is -2.20. The van der Waals surface area contributed by atoms with Crippen LogP contribution in [-0.4, -0.2) is 22.2 Å². The molecule has 1 aromatic rings. The fraction of sp³-hybridized carbons (Fsp3) is 0.462. The van der Waals surface area contributed by atoms with Gasteiger partial charge in [0.15, 0.2) is 0 Å². The zero-order valence-corrected chi connectivity index (χ0v) is 12.9. The van der Waals surface area contributed by atoms with Gasteiger partial charge >= 0.3 is 6.18 Å². The molecule has 1 amide bonds. The highest BCUT2D eigenvalue weighted by Gasteiger charge is 2.35. The highest BCUT2D eigenvalue weighted by molar-refractivity contribution is 8.00. The summed E-state index contributed by atoms with van der Waals surface area (Å²) in [4.78, 5) is 25.2. The van der Waals surface area contributed by atoms with E-state index in [0.717, 1.165) is 0 Å². The second-order valence-corrected chi connectivity index (χ2v) is 6.43. The van der Waals surface area contributed by atoms with Crippen molar-refractivity contribution in [3.63, 3.8) is 0 Å². The molecule has 0 bridgehead atoms. The van der Waals surface area contributed by atoms with Gasteiger partial charge in [0, 0.05) is 11.6 Å². The predicted molar refractivity (Wildman–Crippen MR) is 75.4 cm³/mol. The number of hydrogen-bond acceptors (Lipinski definition) is 4. The third-order valence-corrected chi connectivity index (χ3v) is 3.29. The fourth-order valence-corrected chi connectivity index (χ4v) is 2.39. The number of alkyl halides is 3. The Bertz CT molecular complexity index is 669. The number of nitriles is 1. The first-order chi connectivity index (χ1) is 9.94. The lowest BCUT2D eigenvalue weighted by atomic mass is 10.1. The van der Waals surface area contributed by atoms with Crippen molar-refractivity contribution in [2.45, 2.75) is 37.5 Å². The van der Waals surface area contributed by atoms with Gasteiger partial charge < -0.3 is 10.3 Å². The number of aromatic nitrogens is 1. The zero-order chi connectivity index (χ0) is 17.1. The highest BCUT2D eigenvalue weighted by Crippen LogP contribution is 2.34. The molecule has 22 heavy (non-hydrogen) atoms. The second kappa shape index (κ2) is 6.44. The van der Waals surface area contributed by atoms with Crippen LogP contribution in [0.3, 0.4) is 0 Å². The average Bonchev–Trinajstić information content (AvgIpc) is 2.32. The van der Waals surface area contributed by atoms with Crippen LogP contribution in [0.5, 0.6) is 0 Å². The molecule has 0 aliphatic carbocycles. The summed E-state index contributed by atoms with van der Waals surface area (Å²) in [7, 11) is 0. The normalized spacial score (nSPS) is 11.9. The molecule has 0 radical (unpaired) electrons. The maximum absolute atomic E-state index is 12.8. The van der Waals surface area contributed by atoms with E-state index >= 15 is 0 Å². The minimum Gasteiger partial charge on any atom is -0.351 e. The molecule has 1 aromatic heterocycles. The van der Waals surface area contributed by atoms with Crippen molar-refractivity contribution in [2.75, 3.05) is 5.75 Å². The molecular weight excluding hydrogens is 319 g/mol. The van der Waals surface area contributed by atoms with Crippen LogP contribution < -0.4 is 10.9 Å². The fourth-order valence-electron chi connectivity index (χ4n) is 1.57. The molecule has 0 aromatic carbocycles. The van der Waals surface area contributed by atoms with Gasteiger partial charge in [-0.15, -0.1) is 0 Å². The number of amides is 1. The van der Waals surface area contributed by atoms with E-state index in [9.17, 15) is 22.8 Å². The van der Waals surface area contributed by atoms with Crippen LogP contribution in [0.1, 0.15) is 31.9 Å². The number of thioether (sulfide) groups is 1. The SMILES string of the molecule is CC(C)(C)NC(=O)CSc1[nH]c(=O)cc(C(F)(F)F)c1C#N. The Hall–Kier alpha value is -1.95. The van der Waals surface area contributed by atoms with Crippen LogP contribution in [0.15, 0.2) is 15.9 Å². The monoisotopic (exact) mass is 333 g/mol. The molecule has 0 aliphatic heterocycles. The standard InChI is InChI=1S/C13H14F3N3O2S/c1-12(2,3)19-10(21)6-22-11-7(5-17)8(13(14,15)16)4-9(20)18-11/h4H,6H2,1-3H3,(H,18,20)(H,19,21). The van der Waals surface area contributed by atoms with Gasteiger partial charge in [0.25, 0.3) is 0 Å². The van der Waals surface area contributed by atoms with E-state index in [1.807, 2.05) is 0 Å². The van der Waals surface area contributed by atoms with Gasteiger partial charge in [0.2, 0.25) is 11.5 Å². The van der Waals surface area contributed by atoms with Gasteiger partial charge in [-0.2, -0.15) is 18.4 Å². The molecule has 1 heterocycles. The maximum Gasteiger partial charge on any atom is 0.417 e. The highest BCUT2D eigenvalue weighted by atomic mass is 32.2. The second-order valence-electron chi connectivity index (χ2n) is 5.45. The molecule has 0 aliphatic rings. The summed E-state index contributed by atoms with van der Waals surface area (Å²) in [5.41, 5.74) is -3.47. The third kappa shape index (κ3) is 5.11. The van der Waals surface area contributed by atoms with Crippen molar-refractivity contribution >= 4 is 17.7 Å². The topological polar surface area (TPSA) is 85.8 Å². The van der Waals surface area contributed by atoms with Crippen LogP contribution in [-0.2, 0) is 11.0 Å². The molecule has 9 heteroatoms. The Morgan fingerprint density at radius 3 is 2.45 bits per heavy atom. The molecule has 0 unspecified atom stereocenters. The van der Waals surface area contributed by atoms with Crippen LogP contribution in [0.25, 0.3) is 0 Å². The lowest BCUT2D eigenvalue weighted by molar-refractivity contribution is -0.138. The smallest absolute Gasteiger partial charge is 0.351 e. The Kier molecular flexibility index (Phi) is 5.30. The van der Waals surface area contributed by atoms with Crippen LogP contribution >= 0.6 is 11.8 Å². The minimum absolute atomic E-state index is 0.219. The Balaban J connectivity index is 3.06. The minimum atomic E-state index is -4.82. The number of pyridine rings is 1. The molecule has 0 spiro atoms. The number of rotatable bonds is 3. The van der Waals surface area contributed by atoms with Crippen molar-refractivity contribution in [1.29, 1.82) is 5.26 Å². The Morgan fingerprint density at radius 1 is 1.41 bits per heavy atom. The molecule has 1 rings (SSSR count). The van der Waals surface area contributed by atoms with Crippen LogP contribution in [0, 0.1) is 11.3 Å². The zero-order valence-electron chi connectivity index (χ0n) is 12.1. The summed E-state index contributed by atoms with van der Waals surface area (Å²) >= 11 is 0.675. The molecule has 0 atom stereocenters. The van der Waals surface area contributed by atoms with Gasteiger partial charge in [-0.25, -0.2) is 0 Å². The summed E-state index contributed by atoms with van der Waals surface area (Å²) in [6, 6.07) is 1.76. The van der Waals surface area contributed by atoms with Gasteiger partial charge in [-0.1, -0.05) is 11.8 Å². The van der Waals surface area contributed by atoms with E-state index in [-0.39, 0.29) is 10.8 Å². The predicted octanol–water partition coefficient (Wildman–Crippen LogP) is 2.27. The summed E-state index contributed by atoms with van der Waals surface area (Å²) in [6.07, 6.45) is -4.82. The van der Waals surface area contributed by atoms with E-state index in [1.165, 1.54) is 6.07 Å². The van der Waals surface area contributed by atoms with E-state index in [2.05, 4.69) is 10.3 Å². The molecular formula is C13H14F3N3O2S. The third-order valence-electron chi connectivity index (χ3n) is 2.29. The maximum atomic E-state index is 12.8. The molecule has 120 valence electrons. The van der Waals surface area contributed by atoms with Crippen LogP contribution in [0.4, 0.5) is 13.2 Å². The van der Waals surface area contributed by atoms with Gasteiger partial charge in [0.1, 0.15) is 6.07 Å². The Morgan fingerprint density at radius 2 is 2.00 bits per heavy atom. The van der Waals surface area contributed by atoms with Gasteiger partial charge in [-0.05, 0) is 20.8 Å². The summed E-state index contributed by atoms with van der Waals surface area (Å²) in [5.74, 6) is -0.636. The summed E-state index contributed by atoms with van der Waals surface area (Å²) in [5, 5.41) is 11.3. The molecule has 2 N–H and O–H groups in total. The van der Waals surface area contributed by atoms with E-state index in [4.69, 9.17) is 5.26 Å². The number of aromatic amines is 1. The largest absolute Gasteiger partial charge is 0.417 e. The summed E-state index contributed by atoms with van der Waals surface area (Å²) in [6.45, 7) is 5.26. The van der Waals surface area contributed by atoms with Gasteiger partial charge in [-0.3, -0.25) is 9.59 Å². The van der Waals surface area contributed by atoms with Crippen molar-refractivity contribution in [1.82, 2.24) is 10.3 Å². The number of nitrogens with one attached hydrogen (secondary N) is 2. The first kappa shape index (κ1) is 18.1. The van der Waals surface area contributed by atoms with Gasteiger partial charge in [0.05, 0.1) is 21.9 Å². The lowest BCUT2D eigenvalue weighted by Crippen LogP contribution is -2.41. The summed E-state index contributed by atoms with van der Waals surface area (Å²) < 4.78 is 38.5. The number of hydrogen-bond donors (Lipinski definition) is 2. The van der Waals surface area contributed by atoms with Crippen LogP contribution in [0.2, 0.25) is 0 Å². The van der Waals surface area contributed by atoms with Crippen molar-refractivity contribution in [2.24, 2.45) is 0 Å². The van der Waals surface area contributed by atoms with E-state index in [1.54, 1.807) is 20.8 Å². The van der Waals surface area contributed by atoms with E-state index in [0.29, 0.717) is 17.8 Å². The number of carbonyl (C=O) groups excluding carboxylic acids is 1. The van der Waals surface area contributed by atoms with Crippen molar-refractivity contribution in [3.8, 4) is 6.07 Å². The number of carbonyl (C=O) groups is 1. The van der Waals surface area contributed by atoms with Crippen molar-refractivity contribution in [3.05, 3.63) is 27.5 Å². The molecule has 0 saturated carbocycles. The Labute approximate surface area is 128 Å². The molecule has 0 fully saturated rings. The van der Waals surface area contributed by atoms with Crippen molar-refractivity contribution < 1.29 is 18.0 Å². The molecule has 5 nitrogen and oxygen atoms in total. The quantitative estimate of drug-likeness (QED) is 0.831. The average molecular weight is 333 g/mol. The first-order valence-electron chi connectivity index (χ1n) is 6.12. The number of H-pyrrole nitrogens is 1. The molecule has 0 saturated heterocycles.